The first-order chi connectivity index (χ1) is 5.59. The summed E-state index contributed by atoms with van der Waals surface area (Å²) in [6, 6.07) is 4.71. The third-order valence-electron chi connectivity index (χ3n) is 1.38. The Morgan fingerprint density at radius 3 is 2.83 bits per heavy atom. The van der Waals surface area contributed by atoms with Gasteiger partial charge in [-0.1, -0.05) is 17.7 Å². The molecule has 0 saturated heterocycles. The molecule has 0 heterocycles. The molecule has 1 rings (SSSR count). The van der Waals surface area contributed by atoms with E-state index in [0.717, 1.165) is 5.56 Å². The molecule has 0 unspecified atom stereocenters. The zero-order valence-corrected chi connectivity index (χ0v) is 7.35. The van der Waals surface area contributed by atoms with E-state index in [1.54, 1.807) is 12.1 Å². The van der Waals surface area contributed by atoms with Gasteiger partial charge in [-0.15, -0.1) is 0 Å². The van der Waals surface area contributed by atoms with Crippen molar-refractivity contribution >= 4 is 23.3 Å². The molecule has 0 saturated carbocycles. The lowest BCUT2D eigenvalue weighted by Crippen LogP contribution is -2.19. The highest BCUT2D eigenvalue weighted by Gasteiger charge is 2.01. The fourth-order valence-corrected chi connectivity index (χ4v) is 1.03. The molecule has 0 spiro atoms. The van der Waals surface area contributed by atoms with Gasteiger partial charge in [-0.2, -0.15) is 0 Å². The van der Waals surface area contributed by atoms with Crippen LogP contribution < -0.4 is 11.1 Å². The molecule has 0 aliphatic rings. The predicted molar refractivity (Wildman–Crippen MR) is 49.4 cm³/mol. The topological polar surface area (TPSA) is 55.1 Å². The van der Waals surface area contributed by atoms with E-state index in [1.165, 1.54) is 0 Å². The number of hydrogen-bond donors (Lipinski definition) is 2. The summed E-state index contributed by atoms with van der Waals surface area (Å²) in [6.45, 7) is 1.91. The second-order valence-corrected chi connectivity index (χ2v) is 2.88. The largest absolute Gasteiger partial charge is 0.351 e. The van der Waals surface area contributed by atoms with Crippen LogP contribution in [0.15, 0.2) is 18.2 Å². The Hall–Kier alpha value is -1.22. The SMILES string of the molecule is Cc1ccc(Cl)c(NC(N)=O)c1. The van der Waals surface area contributed by atoms with Crippen LogP contribution in [0.25, 0.3) is 0 Å². The number of amides is 2. The number of carbonyl (C=O) groups is 1. The Balaban J connectivity index is 2.97. The number of aryl methyl sites for hydroxylation is 1. The number of anilines is 1. The number of nitrogens with one attached hydrogen (secondary N) is 1. The molecule has 3 nitrogen and oxygen atoms in total. The average molecular weight is 185 g/mol. The highest BCUT2D eigenvalue weighted by Crippen LogP contribution is 2.22. The van der Waals surface area contributed by atoms with Gasteiger partial charge >= 0.3 is 6.03 Å². The Morgan fingerprint density at radius 2 is 2.25 bits per heavy atom. The fraction of sp³-hybridized carbons (Fsp3) is 0.125. The number of hydrogen-bond acceptors (Lipinski definition) is 1. The maximum Gasteiger partial charge on any atom is 0.316 e. The van der Waals surface area contributed by atoms with Gasteiger partial charge in [0, 0.05) is 0 Å². The number of nitrogens with two attached hydrogens (primary N) is 1. The van der Waals surface area contributed by atoms with E-state index in [1.807, 2.05) is 13.0 Å². The van der Waals surface area contributed by atoms with Crippen LogP contribution in [0, 0.1) is 6.92 Å². The maximum absolute atomic E-state index is 10.5. The molecule has 3 N–H and O–H groups in total. The minimum absolute atomic E-state index is 0.486. The molecule has 0 aliphatic heterocycles. The van der Waals surface area contributed by atoms with Crippen molar-refractivity contribution in [1.29, 1.82) is 0 Å². The fourth-order valence-electron chi connectivity index (χ4n) is 0.868. The number of halogens is 1. The van der Waals surface area contributed by atoms with E-state index in [2.05, 4.69) is 5.32 Å². The van der Waals surface area contributed by atoms with Crippen LogP contribution in [0.2, 0.25) is 5.02 Å². The Morgan fingerprint density at radius 1 is 1.58 bits per heavy atom. The van der Waals surface area contributed by atoms with Gasteiger partial charge in [-0.05, 0) is 24.6 Å². The maximum atomic E-state index is 10.5. The van der Waals surface area contributed by atoms with Gasteiger partial charge in [-0.25, -0.2) is 4.79 Å². The van der Waals surface area contributed by atoms with E-state index in [0.29, 0.717) is 10.7 Å². The van der Waals surface area contributed by atoms with Gasteiger partial charge in [0.2, 0.25) is 0 Å². The van der Waals surface area contributed by atoms with Crippen LogP contribution in [-0.4, -0.2) is 6.03 Å². The summed E-state index contributed by atoms with van der Waals surface area (Å²) in [5.41, 5.74) is 6.50. The summed E-state index contributed by atoms with van der Waals surface area (Å²) >= 11 is 5.77. The second kappa shape index (κ2) is 3.45. The lowest BCUT2D eigenvalue weighted by Gasteiger charge is -2.04. The van der Waals surface area contributed by atoms with Crippen molar-refractivity contribution < 1.29 is 4.79 Å². The van der Waals surface area contributed by atoms with Crippen molar-refractivity contribution in [1.82, 2.24) is 0 Å². The van der Waals surface area contributed by atoms with Crippen LogP contribution in [0.1, 0.15) is 5.56 Å². The number of primary amides is 1. The molecule has 0 aliphatic carbocycles. The van der Waals surface area contributed by atoms with Gasteiger partial charge in [0.25, 0.3) is 0 Å². The summed E-state index contributed by atoms with van der Waals surface area (Å²) < 4.78 is 0. The Kier molecular flexibility index (Phi) is 2.55. The molecule has 64 valence electrons. The highest BCUT2D eigenvalue weighted by molar-refractivity contribution is 6.33. The molecular formula is C8H9ClN2O. The van der Waals surface area contributed by atoms with Crippen LogP contribution >= 0.6 is 11.6 Å². The van der Waals surface area contributed by atoms with Crippen molar-refractivity contribution in [3.63, 3.8) is 0 Å². The molecule has 0 bridgehead atoms. The molecule has 1 aromatic carbocycles. The Labute approximate surface area is 75.5 Å². The van der Waals surface area contributed by atoms with Crippen LogP contribution in [0.4, 0.5) is 10.5 Å². The first kappa shape index (κ1) is 8.87. The lowest BCUT2D eigenvalue weighted by atomic mass is 10.2. The van der Waals surface area contributed by atoms with Crippen molar-refractivity contribution in [3.05, 3.63) is 28.8 Å². The number of urea groups is 1. The van der Waals surface area contributed by atoms with E-state index in [4.69, 9.17) is 17.3 Å². The summed E-state index contributed by atoms with van der Waals surface area (Å²) in [6.07, 6.45) is 0. The summed E-state index contributed by atoms with van der Waals surface area (Å²) in [5.74, 6) is 0. The minimum Gasteiger partial charge on any atom is -0.351 e. The number of benzene rings is 1. The quantitative estimate of drug-likeness (QED) is 0.690. The second-order valence-electron chi connectivity index (χ2n) is 2.47. The normalized spacial score (nSPS) is 9.50. The third kappa shape index (κ3) is 2.13. The Bertz CT molecular complexity index is 312. The summed E-state index contributed by atoms with van der Waals surface area (Å²) in [5, 5.41) is 2.91. The molecule has 12 heavy (non-hydrogen) atoms. The van der Waals surface area contributed by atoms with E-state index < -0.39 is 6.03 Å². The van der Waals surface area contributed by atoms with E-state index in [9.17, 15) is 4.79 Å². The van der Waals surface area contributed by atoms with Crippen LogP contribution in [0.5, 0.6) is 0 Å². The molecule has 0 atom stereocenters. The molecule has 2 amide bonds. The summed E-state index contributed by atoms with van der Waals surface area (Å²) in [4.78, 5) is 10.5. The monoisotopic (exact) mass is 184 g/mol. The third-order valence-corrected chi connectivity index (χ3v) is 1.71. The van der Waals surface area contributed by atoms with Crippen molar-refractivity contribution in [2.75, 3.05) is 5.32 Å². The molecule has 0 radical (unpaired) electrons. The standard InChI is InChI=1S/C8H9ClN2O/c1-5-2-3-6(9)7(4-5)11-8(10)12/h2-4H,1H3,(H3,10,11,12). The van der Waals surface area contributed by atoms with Gasteiger partial charge in [0.1, 0.15) is 0 Å². The van der Waals surface area contributed by atoms with Gasteiger partial charge in [-0.3, -0.25) is 0 Å². The highest BCUT2D eigenvalue weighted by atomic mass is 35.5. The summed E-state index contributed by atoms with van der Waals surface area (Å²) in [7, 11) is 0. The number of rotatable bonds is 1. The van der Waals surface area contributed by atoms with Crippen LogP contribution in [0.3, 0.4) is 0 Å². The molecule has 4 heteroatoms. The van der Waals surface area contributed by atoms with Gasteiger partial charge in [0.15, 0.2) is 0 Å². The van der Waals surface area contributed by atoms with Gasteiger partial charge in [0.05, 0.1) is 10.7 Å². The van der Waals surface area contributed by atoms with Gasteiger partial charge < -0.3 is 11.1 Å². The smallest absolute Gasteiger partial charge is 0.316 e. The zero-order valence-electron chi connectivity index (χ0n) is 6.60. The number of carbonyl (C=O) groups excluding carboxylic acids is 1. The van der Waals surface area contributed by atoms with E-state index >= 15 is 0 Å². The molecule has 0 aromatic heterocycles. The van der Waals surface area contributed by atoms with Crippen LogP contribution in [-0.2, 0) is 0 Å². The molecule has 0 fully saturated rings. The zero-order chi connectivity index (χ0) is 9.14. The minimum atomic E-state index is -0.609. The van der Waals surface area contributed by atoms with Crippen molar-refractivity contribution in [2.45, 2.75) is 6.92 Å². The first-order valence-corrected chi connectivity index (χ1v) is 3.80. The molecular weight excluding hydrogens is 176 g/mol. The predicted octanol–water partition coefficient (Wildman–Crippen LogP) is 2.14. The lowest BCUT2D eigenvalue weighted by molar-refractivity contribution is 0.259. The van der Waals surface area contributed by atoms with Crippen molar-refractivity contribution in [2.24, 2.45) is 5.73 Å². The first-order valence-electron chi connectivity index (χ1n) is 3.42. The molecule has 1 aromatic rings. The average Bonchev–Trinajstić information content (AvgIpc) is 1.96. The van der Waals surface area contributed by atoms with Crippen molar-refractivity contribution in [3.8, 4) is 0 Å². The van der Waals surface area contributed by atoms with E-state index in [-0.39, 0.29) is 0 Å².